The average Bonchev–Trinajstić information content (AvgIpc) is 2.90. The fourth-order valence-electron chi connectivity index (χ4n) is 1.45. The van der Waals surface area contributed by atoms with Gasteiger partial charge in [-0.15, -0.1) is 11.3 Å². The monoisotopic (exact) mass is 298 g/mol. The molecule has 0 unspecified atom stereocenters. The first-order chi connectivity index (χ1) is 9.50. The number of nitrogens with one attached hydrogen (secondary N) is 2. The number of aryl methyl sites for hydroxylation is 1. The molecule has 6 heteroatoms. The minimum Gasteiger partial charge on any atom is -0.377 e. The van der Waals surface area contributed by atoms with Crippen LogP contribution >= 0.6 is 11.3 Å². The molecular weight excluding hydrogens is 272 g/mol. The second-order valence-corrected chi connectivity index (χ2v) is 6.04. The Labute approximate surface area is 125 Å². The summed E-state index contributed by atoms with van der Waals surface area (Å²) in [5.74, 6) is 0.795. The van der Waals surface area contributed by atoms with Gasteiger partial charge in [-0.2, -0.15) is 0 Å². The number of nitrogens with zero attached hydrogens (tertiary/aromatic N) is 2. The molecule has 0 bridgehead atoms. The molecule has 0 fully saturated rings. The predicted octanol–water partition coefficient (Wildman–Crippen LogP) is 2.19. The number of rotatable bonds is 7. The number of hydrogen-bond donors (Lipinski definition) is 2. The lowest BCUT2D eigenvalue weighted by Crippen LogP contribution is -2.45. The standard InChI is InChI=1S/C14H26N4OS/c1-6-12-18-11(9-20-12)8-16-13(15-7-2)17-10-14(3,4)19-5/h9H,6-8,10H2,1-5H3,(H2,15,16,17). The molecule has 0 aliphatic carbocycles. The van der Waals surface area contributed by atoms with E-state index in [4.69, 9.17) is 4.74 Å². The quantitative estimate of drug-likeness (QED) is 0.598. The van der Waals surface area contributed by atoms with Gasteiger partial charge in [0.1, 0.15) is 0 Å². The molecule has 0 spiro atoms. The van der Waals surface area contributed by atoms with Crippen molar-refractivity contribution in [2.24, 2.45) is 4.99 Å². The van der Waals surface area contributed by atoms with Crippen molar-refractivity contribution < 1.29 is 4.74 Å². The van der Waals surface area contributed by atoms with Crippen molar-refractivity contribution >= 4 is 17.3 Å². The lowest BCUT2D eigenvalue weighted by atomic mass is 10.1. The van der Waals surface area contributed by atoms with Crippen LogP contribution < -0.4 is 10.6 Å². The Bertz CT molecular complexity index is 429. The normalized spacial score (nSPS) is 12.6. The van der Waals surface area contributed by atoms with Crippen LogP contribution in [0.2, 0.25) is 0 Å². The number of thiazole rings is 1. The highest BCUT2D eigenvalue weighted by Gasteiger charge is 2.16. The molecule has 1 aromatic rings. The maximum Gasteiger partial charge on any atom is 0.191 e. The van der Waals surface area contributed by atoms with Gasteiger partial charge in [0.2, 0.25) is 0 Å². The summed E-state index contributed by atoms with van der Waals surface area (Å²) in [6.45, 7) is 10.4. The van der Waals surface area contributed by atoms with Crippen molar-refractivity contribution in [2.45, 2.75) is 46.3 Å². The molecule has 0 amide bonds. The van der Waals surface area contributed by atoms with E-state index in [0.717, 1.165) is 29.6 Å². The van der Waals surface area contributed by atoms with Gasteiger partial charge in [-0.25, -0.2) is 9.98 Å². The van der Waals surface area contributed by atoms with Crippen LogP contribution in [0.5, 0.6) is 0 Å². The maximum absolute atomic E-state index is 5.39. The van der Waals surface area contributed by atoms with E-state index < -0.39 is 0 Å². The second-order valence-electron chi connectivity index (χ2n) is 5.10. The van der Waals surface area contributed by atoms with Gasteiger partial charge < -0.3 is 15.4 Å². The zero-order valence-corrected chi connectivity index (χ0v) is 13.9. The first kappa shape index (κ1) is 16.9. The minimum absolute atomic E-state index is 0.216. The van der Waals surface area contributed by atoms with E-state index in [-0.39, 0.29) is 5.60 Å². The lowest BCUT2D eigenvalue weighted by Gasteiger charge is -2.24. The summed E-state index contributed by atoms with van der Waals surface area (Å²) >= 11 is 1.69. The van der Waals surface area contributed by atoms with Crippen molar-refractivity contribution in [1.82, 2.24) is 15.6 Å². The third kappa shape index (κ3) is 5.88. The number of hydrogen-bond acceptors (Lipinski definition) is 4. The number of aromatic nitrogens is 1. The molecule has 0 aliphatic heterocycles. The molecule has 0 aromatic carbocycles. The molecular formula is C14H26N4OS. The minimum atomic E-state index is -0.216. The summed E-state index contributed by atoms with van der Waals surface area (Å²) in [7, 11) is 1.72. The molecule has 5 nitrogen and oxygen atoms in total. The van der Waals surface area contributed by atoms with Crippen molar-refractivity contribution in [3.8, 4) is 0 Å². The SMILES string of the molecule is CCNC(=NCc1csc(CC)n1)NCC(C)(C)OC. The van der Waals surface area contributed by atoms with Gasteiger partial charge in [-0.3, -0.25) is 0 Å². The summed E-state index contributed by atoms with van der Waals surface area (Å²) in [5.41, 5.74) is 0.807. The summed E-state index contributed by atoms with van der Waals surface area (Å²) in [5, 5.41) is 9.76. The lowest BCUT2D eigenvalue weighted by molar-refractivity contribution is 0.0268. The van der Waals surface area contributed by atoms with E-state index in [2.05, 4.69) is 39.8 Å². The molecule has 0 atom stereocenters. The first-order valence-corrected chi connectivity index (χ1v) is 7.89. The second kappa shape index (κ2) is 8.21. The molecule has 20 heavy (non-hydrogen) atoms. The topological polar surface area (TPSA) is 58.5 Å². The number of aliphatic imine (C=N–C) groups is 1. The first-order valence-electron chi connectivity index (χ1n) is 7.01. The fraction of sp³-hybridized carbons (Fsp3) is 0.714. The maximum atomic E-state index is 5.39. The van der Waals surface area contributed by atoms with E-state index >= 15 is 0 Å². The van der Waals surface area contributed by atoms with Crippen molar-refractivity contribution in [3.63, 3.8) is 0 Å². The molecule has 0 radical (unpaired) electrons. The highest BCUT2D eigenvalue weighted by atomic mass is 32.1. The largest absolute Gasteiger partial charge is 0.377 e. The summed E-state index contributed by atoms with van der Waals surface area (Å²) in [6.07, 6.45) is 0.981. The van der Waals surface area contributed by atoms with Crippen LogP contribution in [0.25, 0.3) is 0 Å². The Morgan fingerprint density at radius 2 is 2.15 bits per heavy atom. The Kier molecular flexibility index (Phi) is 6.95. The Morgan fingerprint density at radius 1 is 1.40 bits per heavy atom. The van der Waals surface area contributed by atoms with E-state index in [1.54, 1.807) is 18.4 Å². The van der Waals surface area contributed by atoms with E-state index in [0.29, 0.717) is 13.1 Å². The van der Waals surface area contributed by atoms with E-state index in [1.807, 2.05) is 13.8 Å². The Morgan fingerprint density at radius 3 is 2.70 bits per heavy atom. The van der Waals surface area contributed by atoms with E-state index in [1.165, 1.54) is 0 Å². The average molecular weight is 298 g/mol. The smallest absolute Gasteiger partial charge is 0.191 e. The number of guanidine groups is 1. The van der Waals surface area contributed by atoms with Gasteiger partial charge in [0.05, 0.1) is 22.8 Å². The van der Waals surface area contributed by atoms with Gasteiger partial charge in [-0.05, 0) is 27.2 Å². The number of methoxy groups -OCH3 is 1. The zero-order chi connectivity index (χ0) is 15.0. The molecule has 0 saturated heterocycles. The Balaban J connectivity index is 2.58. The van der Waals surface area contributed by atoms with Crippen LogP contribution in [0.1, 0.15) is 38.4 Å². The number of ether oxygens (including phenoxy) is 1. The van der Waals surface area contributed by atoms with Crippen LogP contribution in [-0.4, -0.2) is 36.7 Å². The van der Waals surface area contributed by atoms with Crippen LogP contribution in [-0.2, 0) is 17.7 Å². The van der Waals surface area contributed by atoms with Gasteiger partial charge in [0.25, 0.3) is 0 Å². The van der Waals surface area contributed by atoms with Crippen molar-refractivity contribution in [1.29, 1.82) is 0 Å². The molecule has 1 aromatic heterocycles. The molecule has 1 rings (SSSR count). The molecule has 2 N–H and O–H groups in total. The zero-order valence-electron chi connectivity index (χ0n) is 13.1. The molecule has 0 aliphatic rings. The van der Waals surface area contributed by atoms with Crippen LogP contribution in [0.3, 0.4) is 0 Å². The van der Waals surface area contributed by atoms with Gasteiger partial charge >= 0.3 is 0 Å². The third-order valence-electron chi connectivity index (χ3n) is 2.88. The highest BCUT2D eigenvalue weighted by Crippen LogP contribution is 2.11. The highest BCUT2D eigenvalue weighted by molar-refractivity contribution is 7.09. The van der Waals surface area contributed by atoms with Crippen molar-refractivity contribution in [2.75, 3.05) is 20.2 Å². The van der Waals surface area contributed by atoms with Gasteiger partial charge in [0.15, 0.2) is 5.96 Å². The van der Waals surface area contributed by atoms with Crippen LogP contribution in [0, 0.1) is 0 Å². The summed E-state index contributed by atoms with van der Waals surface area (Å²) in [6, 6.07) is 0. The third-order valence-corrected chi connectivity index (χ3v) is 3.92. The van der Waals surface area contributed by atoms with Crippen LogP contribution in [0.15, 0.2) is 10.4 Å². The van der Waals surface area contributed by atoms with E-state index in [9.17, 15) is 0 Å². The fourth-order valence-corrected chi connectivity index (χ4v) is 2.19. The van der Waals surface area contributed by atoms with Gasteiger partial charge in [-0.1, -0.05) is 6.92 Å². The summed E-state index contributed by atoms with van der Waals surface area (Å²) in [4.78, 5) is 9.07. The van der Waals surface area contributed by atoms with Gasteiger partial charge in [0, 0.05) is 25.6 Å². The molecule has 0 saturated carbocycles. The van der Waals surface area contributed by atoms with Crippen LogP contribution in [0.4, 0.5) is 0 Å². The molecule has 114 valence electrons. The summed E-state index contributed by atoms with van der Waals surface area (Å²) < 4.78 is 5.39. The molecule has 1 heterocycles. The Hall–Kier alpha value is -1.14. The predicted molar refractivity (Wildman–Crippen MR) is 85.4 cm³/mol. The van der Waals surface area contributed by atoms with Crippen molar-refractivity contribution in [3.05, 3.63) is 16.1 Å².